The Kier molecular flexibility index (Phi) is 8.54. The van der Waals surface area contributed by atoms with Gasteiger partial charge in [-0.3, -0.25) is 14.9 Å². The smallest absolute Gasteiger partial charge is 0.325 e. The van der Waals surface area contributed by atoms with Gasteiger partial charge in [0.05, 0.1) is 5.69 Å². The second-order valence-electron chi connectivity index (χ2n) is 7.73. The van der Waals surface area contributed by atoms with Gasteiger partial charge < -0.3 is 27.0 Å². The molecule has 2 aromatic rings. The van der Waals surface area contributed by atoms with Gasteiger partial charge >= 0.3 is 6.03 Å². The Balaban J connectivity index is 1.55. The molecule has 0 fully saturated rings. The lowest BCUT2D eigenvalue weighted by Gasteiger charge is -2.26. The molecule has 1 aliphatic heterocycles. The maximum Gasteiger partial charge on any atom is 0.325 e. The highest BCUT2D eigenvalue weighted by Crippen LogP contribution is 2.22. The predicted octanol–water partition coefficient (Wildman–Crippen LogP) is 1.93. The van der Waals surface area contributed by atoms with Crippen molar-refractivity contribution in [2.75, 3.05) is 25.5 Å². The monoisotopic (exact) mass is 488 g/mol. The van der Waals surface area contributed by atoms with E-state index >= 15 is 0 Å². The molecule has 0 saturated carbocycles. The number of carbonyl (C=O) groups is 3. The summed E-state index contributed by atoms with van der Waals surface area (Å²) in [5, 5.41) is 7.56. The molecule has 1 aliphatic rings. The minimum Gasteiger partial charge on any atom is -0.369 e. The lowest BCUT2D eigenvalue weighted by molar-refractivity contribution is -0.125. The van der Waals surface area contributed by atoms with E-state index in [4.69, 9.17) is 11.5 Å². The molecule has 11 heteroatoms. The predicted molar refractivity (Wildman–Crippen MR) is 141 cm³/mol. The number of hydrogen-bond acceptors (Lipinski definition) is 4. The Bertz CT molecular complexity index is 1230. The van der Waals surface area contributed by atoms with Crippen molar-refractivity contribution < 1.29 is 14.4 Å². The largest absolute Gasteiger partial charge is 0.369 e. The molecule has 0 radical (unpaired) electrons. The van der Waals surface area contributed by atoms with Crippen LogP contribution in [0, 0.1) is 0 Å². The van der Waals surface area contributed by atoms with Crippen LogP contribution in [0.5, 0.6) is 0 Å². The first-order valence-corrected chi connectivity index (χ1v) is 11.1. The van der Waals surface area contributed by atoms with Crippen LogP contribution in [0.3, 0.4) is 0 Å². The summed E-state index contributed by atoms with van der Waals surface area (Å²) in [6, 6.07) is 13.0. The van der Waals surface area contributed by atoms with Gasteiger partial charge in [0.2, 0.25) is 17.8 Å². The molecule has 11 nitrogen and oxygen atoms in total. The number of nitrogens with zero attached hydrogens (tertiary/aromatic N) is 3. The summed E-state index contributed by atoms with van der Waals surface area (Å²) in [4.78, 5) is 45.4. The van der Waals surface area contributed by atoms with Gasteiger partial charge in [-0.15, -0.1) is 0 Å². The zero-order chi connectivity index (χ0) is 26.1. The first-order chi connectivity index (χ1) is 17.3. The van der Waals surface area contributed by atoms with Crippen LogP contribution in [0.15, 0.2) is 77.2 Å². The van der Waals surface area contributed by atoms with Crippen molar-refractivity contribution in [1.29, 1.82) is 0 Å². The molecule has 36 heavy (non-hydrogen) atoms. The molecule has 0 bridgehead atoms. The van der Waals surface area contributed by atoms with Gasteiger partial charge in [-0.2, -0.15) is 4.99 Å². The average molecular weight is 489 g/mol. The van der Waals surface area contributed by atoms with Gasteiger partial charge in [0.1, 0.15) is 0 Å². The summed E-state index contributed by atoms with van der Waals surface area (Å²) in [7, 11) is 1.54. The first-order valence-electron chi connectivity index (χ1n) is 11.1. The van der Waals surface area contributed by atoms with E-state index in [-0.39, 0.29) is 23.7 Å². The maximum atomic E-state index is 12.3. The fourth-order valence-electron chi connectivity index (χ4n) is 3.46. The minimum absolute atomic E-state index is 0.0978. The normalized spacial score (nSPS) is 13.9. The lowest BCUT2D eigenvalue weighted by Crippen LogP contribution is -2.40. The number of amides is 4. The first kappa shape index (κ1) is 25.7. The number of anilines is 1. The van der Waals surface area contributed by atoms with Crippen molar-refractivity contribution in [1.82, 2.24) is 15.5 Å². The molecular weight excluding hydrogens is 460 g/mol. The van der Waals surface area contributed by atoms with Crippen LogP contribution in [-0.4, -0.2) is 54.8 Å². The van der Waals surface area contributed by atoms with Gasteiger partial charge in [-0.05, 0) is 60.0 Å². The fraction of sp³-hybridized carbons (Fsp3) is 0.160. The van der Waals surface area contributed by atoms with Crippen LogP contribution in [0.1, 0.15) is 22.3 Å². The van der Waals surface area contributed by atoms with E-state index in [1.165, 1.54) is 6.08 Å². The molecule has 0 spiro atoms. The summed E-state index contributed by atoms with van der Waals surface area (Å²) < 4.78 is 0. The molecule has 0 aliphatic carbocycles. The summed E-state index contributed by atoms with van der Waals surface area (Å²) in [6.45, 7) is 4.71. The maximum absolute atomic E-state index is 12.3. The zero-order valence-corrected chi connectivity index (χ0v) is 19.8. The number of urea groups is 1. The third-order valence-electron chi connectivity index (χ3n) is 5.23. The Morgan fingerprint density at radius 3 is 2.39 bits per heavy atom. The second kappa shape index (κ2) is 12.0. The Hall–Kier alpha value is -4.93. The fourth-order valence-corrected chi connectivity index (χ4v) is 3.46. The molecule has 7 N–H and O–H groups in total. The van der Waals surface area contributed by atoms with Gasteiger partial charge in [0.25, 0.3) is 5.91 Å². The summed E-state index contributed by atoms with van der Waals surface area (Å²) in [6.07, 6.45) is 4.18. The quantitative estimate of drug-likeness (QED) is 0.246. The SMILES string of the molecule is C=CC(=O)N1CCC=C(c2ccc(NC(=O)N/C(N)=N\C(N)=Nc3ccc(C(=O)NC)cc3)cc2)C1. The zero-order valence-electron chi connectivity index (χ0n) is 19.8. The molecule has 0 aromatic heterocycles. The Labute approximate surface area is 208 Å². The van der Waals surface area contributed by atoms with Crippen LogP contribution >= 0.6 is 0 Å². The molecule has 1 heterocycles. The van der Waals surface area contributed by atoms with Gasteiger partial charge in [0.15, 0.2) is 0 Å². The van der Waals surface area contributed by atoms with Crippen LogP contribution in [0.25, 0.3) is 5.57 Å². The molecule has 3 rings (SSSR count). The third-order valence-corrected chi connectivity index (χ3v) is 5.23. The highest BCUT2D eigenvalue weighted by molar-refractivity contribution is 6.05. The topological polar surface area (TPSA) is 167 Å². The van der Waals surface area contributed by atoms with Crippen molar-refractivity contribution in [2.24, 2.45) is 21.5 Å². The van der Waals surface area contributed by atoms with Crippen molar-refractivity contribution in [3.8, 4) is 0 Å². The van der Waals surface area contributed by atoms with Crippen molar-refractivity contribution in [2.45, 2.75) is 6.42 Å². The highest BCUT2D eigenvalue weighted by atomic mass is 16.2. The van der Waals surface area contributed by atoms with E-state index in [1.54, 1.807) is 48.3 Å². The number of benzene rings is 2. The Morgan fingerprint density at radius 2 is 1.75 bits per heavy atom. The lowest BCUT2D eigenvalue weighted by atomic mass is 10.0. The summed E-state index contributed by atoms with van der Waals surface area (Å²) in [5.41, 5.74) is 15.0. The molecular formula is C25H28N8O3. The van der Waals surface area contributed by atoms with Crippen molar-refractivity contribution in [3.63, 3.8) is 0 Å². The highest BCUT2D eigenvalue weighted by Gasteiger charge is 2.17. The number of hydrogen-bond donors (Lipinski definition) is 5. The van der Waals surface area contributed by atoms with Crippen LogP contribution in [0.4, 0.5) is 16.2 Å². The van der Waals surface area contributed by atoms with E-state index in [1.807, 2.05) is 12.1 Å². The molecule has 0 unspecified atom stereocenters. The average Bonchev–Trinajstić information content (AvgIpc) is 2.88. The van der Waals surface area contributed by atoms with E-state index in [0.717, 1.165) is 17.6 Å². The number of carbonyl (C=O) groups excluding carboxylic acids is 3. The van der Waals surface area contributed by atoms with E-state index < -0.39 is 6.03 Å². The molecule has 186 valence electrons. The standard InChI is InChI=1S/C25H28N8O3/c1-3-21(34)33-14-4-5-18(15-33)16-6-10-20(11-7-16)30-25(36)32-24(27)31-23(26)29-19-12-8-17(9-13-19)22(35)28-2/h3,5-13H,1,4,14-15H2,2H3,(H,28,35)(H6,26,27,29,30,31,32,36). The molecule has 2 aromatic carbocycles. The summed E-state index contributed by atoms with van der Waals surface area (Å²) >= 11 is 0. The Morgan fingerprint density at radius 1 is 1.06 bits per heavy atom. The summed E-state index contributed by atoms with van der Waals surface area (Å²) in [5.74, 6) is -0.732. The van der Waals surface area contributed by atoms with E-state index in [0.29, 0.717) is 30.0 Å². The van der Waals surface area contributed by atoms with Crippen LogP contribution < -0.4 is 27.4 Å². The van der Waals surface area contributed by atoms with Gasteiger partial charge in [-0.25, -0.2) is 9.79 Å². The number of guanidine groups is 2. The van der Waals surface area contributed by atoms with Crippen LogP contribution in [0.2, 0.25) is 0 Å². The number of rotatable bonds is 5. The minimum atomic E-state index is -0.605. The van der Waals surface area contributed by atoms with Crippen molar-refractivity contribution >= 4 is 46.7 Å². The van der Waals surface area contributed by atoms with Crippen molar-refractivity contribution in [3.05, 3.63) is 78.4 Å². The number of nitrogens with two attached hydrogens (primary N) is 2. The van der Waals surface area contributed by atoms with E-state index in [2.05, 4.69) is 38.6 Å². The molecule has 0 saturated heterocycles. The molecule has 0 atom stereocenters. The van der Waals surface area contributed by atoms with E-state index in [9.17, 15) is 14.4 Å². The number of nitrogens with one attached hydrogen (secondary N) is 3. The van der Waals surface area contributed by atoms with Gasteiger partial charge in [-0.1, -0.05) is 24.8 Å². The van der Waals surface area contributed by atoms with Crippen LogP contribution in [-0.2, 0) is 4.79 Å². The number of aliphatic imine (C=N–C) groups is 2. The van der Waals surface area contributed by atoms with Gasteiger partial charge in [0, 0.05) is 31.4 Å². The molecule has 4 amide bonds. The second-order valence-corrected chi connectivity index (χ2v) is 7.73. The third kappa shape index (κ3) is 7.03.